The summed E-state index contributed by atoms with van der Waals surface area (Å²) in [6.07, 6.45) is 1.27. The SMILES string of the molecule is Cc1c(F)cc(C(C)NC(=O)c2coc(-c3cccc4ccccc34)n2)cc1F. The summed E-state index contributed by atoms with van der Waals surface area (Å²) < 4.78 is 33.1. The van der Waals surface area contributed by atoms with Crippen LogP contribution in [0.25, 0.3) is 22.2 Å². The van der Waals surface area contributed by atoms with Crippen molar-refractivity contribution in [3.63, 3.8) is 0 Å². The van der Waals surface area contributed by atoms with Crippen molar-refractivity contribution >= 4 is 16.7 Å². The van der Waals surface area contributed by atoms with Gasteiger partial charge in [0.2, 0.25) is 5.89 Å². The number of nitrogens with one attached hydrogen (secondary N) is 1. The van der Waals surface area contributed by atoms with Gasteiger partial charge in [0.05, 0.1) is 6.04 Å². The lowest BCUT2D eigenvalue weighted by Crippen LogP contribution is -2.27. The van der Waals surface area contributed by atoms with Crippen LogP contribution in [0, 0.1) is 18.6 Å². The molecule has 1 amide bonds. The van der Waals surface area contributed by atoms with E-state index in [0.717, 1.165) is 16.3 Å². The van der Waals surface area contributed by atoms with Crippen LogP contribution in [0.1, 0.15) is 34.6 Å². The highest BCUT2D eigenvalue weighted by Crippen LogP contribution is 2.28. The van der Waals surface area contributed by atoms with Crippen LogP contribution in [0.5, 0.6) is 0 Å². The fourth-order valence-corrected chi connectivity index (χ4v) is 3.18. The van der Waals surface area contributed by atoms with Crippen molar-refractivity contribution < 1.29 is 18.0 Å². The third kappa shape index (κ3) is 3.61. The van der Waals surface area contributed by atoms with Crippen molar-refractivity contribution in [3.05, 3.63) is 89.3 Å². The number of carbonyl (C=O) groups is 1. The van der Waals surface area contributed by atoms with Gasteiger partial charge in [-0.05, 0) is 48.4 Å². The maximum atomic E-state index is 13.8. The molecule has 0 radical (unpaired) electrons. The average molecular weight is 392 g/mol. The molecule has 0 aliphatic rings. The smallest absolute Gasteiger partial charge is 0.273 e. The fourth-order valence-electron chi connectivity index (χ4n) is 3.18. The van der Waals surface area contributed by atoms with Gasteiger partial charge >= 0.3 is 0 Å². The number of oxazole rings is 1. The molecule has 1 N–H and O–H groups in total. The Kier molecular flexibility index (Phi) is 4.84. The molecule has 1 atom stereocenters. The Morgan fingerprint density at radius 2 is 1.76 bits per heavy atom. The van der Waals surface area contributed by atoms with E-state index in [1.165, 1.54) is 25.3 Å². The number of halogens is 2. The maximum Gasteiger partial charge on any atom is 0.273 e. The van der Waals surface area contributed by atoms with E-state index in [1.807, 2.05) is 42.5 Å². The van der Waals surface area contributed by atoms with Gasteiger partial charge in [0.1, 0.15) is 17.9 Å². The molecule has 6 heteroatoms. The zero-order valence-electron chi connectivity index (χ0n) is 15.9. The first-order valence-corrected chi connectivity index (χ1v) is 9.14. The molecule has 0 spiro atoms. The van der Waals surface area contributed by atoms with Gasteiger partial charge in [-0.2, -0.15) is 0 Å². The van der Waals surface area contributed by atoms with Crippen molar-refractivity contribution in [2.75, 3.05) is 0 Å². The second-order valence-corrected chi connectivity index (χ2v) is 6.87. The molecule has 1 heterocycles. The molecule has 4 rings (SSSR count). The first kappa shape index (κ1) is 18.8. The molecule has 0 saturated carbocycles. The lowest BCUT2D eigenvalue weighted by Gasteiger charge is -2.14. The van der Waals surface area contributed by atoms with Gasteiger partial charge in [-0.15, -0.1) is 0 Å². The minimum Gasteiger partial charge on any atom is -0.444 e. The predicted octanol–water partition coefficient (Wildman–Crippen LogP) is 5.57. The number of benzene rings is 3. The van der Waals surface area contributed by atoms with Gasteiger partial charge in [0.25, 0.3) is 5.91 Å². The van der Waals surface area contributed by atoms with Gasteiger partial charge in [-0.3, -0.25) is 4.79 Å². The van der Waals surface area contributed by atoms with Crippen molar-refractivity contribution in [3.8, 4) is 11.5 Å². The third-order valence-corrected chi connectivity index (χ3v) is 4.91. The van der Waals surface area contributed by atoms with E-state index in [1.54, 1.807) is 6.92 Å². The van der Waals surface area contributed by atoms with E-state index >= 15 is 0 Å². The number of hydrogen-bond acceptors (Lipinski definition) is 3. The molecular formula is C23H18F2N2O2. The molecule has 0 aliphatic carbocycles. The Hall–Kier alpha value is -3.54. The molecule has 4 aromatic rings. The molecule has 1 aromatic heterocycles. The second-order valence-electron chi connectivity index (χ2n) is 6.87. The van der Waals surface area contributed by atoms with Gasteiger partial charge in [-0.1, -0.05) is 36.4 Å². The van der Waals surface area contributed by atoms with E-state index in [0.29, 0.717) is 11.5 Å². The lowest BCUT2D eigenvalue weighted by molar-refractivity contribution is 0.0934. The number of rotatable bonds is 4. The van der Waals surface area contributed by atoms with Crippen LogP contribution in [0.2, 0.25) is 0 Å². The van der Waals surface area contributed by atoms with E-state index in [-0.39, 0.29) is 11.3 Å². The molecule has 0 aliphatic heterocycles. The molecule has 1 unspecified atom stereocenters. The molecule has 0 saturated heterocycles. The Morgan fingerprint density at radius 1 is 1.07 bits per heavy atom. The summed E-state index contributed by atoms with van der Waals surface area (Å²) in [6.45, 7) is 3.01. The van der Waals surface area contributed by atoms with Gasteiger partial charge in [0, 0.05) is 11.1 Å². The third-order valence-electron chi connectivity index (χ3n) is 4.91. The number of carbonyl (C=O) groups excluding carboxylic acids is 1. The minimum atomic E-state index is -0.652. The van der Waals surface area contributed by atoms with Crippen molar-refractivity contribution in [2.24, 2.45) is 0 Å². The monoisotopic (exact) mass is 392 g/mol. The first-order chi connectivity index (χ1) is 13.9. The first-order valence-electron chi connectivity index (χ1n) is 9.14. The number of fused-ring (bicyclic) bond motifs is 1. The van der Waals surface area contributed by atoms with Gasteiger partial charge in [-0.25, -0.2) is 13.8 Å². The number of nitrogens with zero attached hydrogens (tertiary/aromatic N) is 1. The Labute approximate surface area is 166 Å². The maximum absolute atomic E-state index is 13.8. The molecule has 0 fully saturated rings. The summed E-state index contributed by atoms with van der Waals surface area (Å²) in [5, 5.41) is 4.69. The van der Waals surface area contributed by atoms with Crippen LogP contribution in [0.4, 0.5) is 8.78 Å². The highest BCUT2D eigenvalue weighted by Gasteiger charge is 2.19. The van der Waals surface area contributed by atoms with E-state index < -0.39 is 23.6 Å². The number of aromatic nitrogens is 1. The van der Waals surface area contributed by atoms with Crippen LogP contribution in [0.15, 0.2) is 65.3 Å². The Balaban J connectivity index is 1.57. The standard InChI is InChI=1S/C23H18F2N2O2/c1-13-19(24)10-16(11-20(13)25)14(2)26-22(28)21-12-29-23(27-21)18-9-5-7-15-6-3-4-8-17(15)18/h3-12,14H,1-2H3,(H,26,28). The normalized spacial score (nSPS) is 12.1. The fraction of sp³-hybridized carbons (Fsp3) is 0.130. The van der Waals surface area contributed by atoms with Crippen LogP contribution in [-0.2, 0) is 0 Å². The van der Waals surface area contributed by atoms with E-state index in [4.69, 9.17) is 4.42 Å². The van der Waals surface area contributed by atoms with E-state index in [2.05, 4.69) is 10.3 Å². The van der Waals surface area contributed by atoms with Crippen LogP contribution in [-0.4, -0.2) is 10.9 Å². The summed E-state index contributed by atoms with van der Waals surface area (Å²) in [7, 11) is 0. The zero-order valence-corrected chi connectivity index (χ0v) is 15.9. The van der Waals surface area contributed by atoms with Crippen LogP contribution < -0.4 is 5.32 Å². The average Bonchev–Trinajstić information content (AvgIpc) is 3.21. The predicted molar refractivity (Wildman–Crippen MR) is 106 cm³/mol. The van der Waals surface area contributed by atoms with Gasteiger partial charge < -0.3 is 9.73 Å². The Morgan fingerprint density at radius 3 is 2.52 bits per heavy atom. The second kappa shape index (κ2) is 7.47. The van der Waals surface area contributed by atoms with Gasteiger partial charge in [0.15, 0.2) is 5.69 Å². The number of amides is 1. The summed E-state index contributed by atoms with van der Waals surface area (Å²) in [5.74, 6) is -1.47. The molecule has 146 valence electrons. The quantitative estimate of drug-likeness (QED) is 0.494. The topological polar surface area (TPSA) is 55.1 Å². The minimum absolute atomic E-state index is 0.0523. The van der Waals surface area contributed by atoms with Crippen molar-refractivity contribution in [1.82, 2.24) is 10.3 Å². The summed E-state index contributed by atoms with van der Waals surface area (Å²) in [6, 6.07) is 15.4. The summed E-state index contributed by atoms with van der Waals surface area (Å²) in [5.41, 5.74) is 1.14. The molecule has 0 bridgehead atoms. The highest BCUT2D eigenvalue weighted by atomic mass is 19.1. The zero-order chi connectivity index (χ0) is 20.5. The lowest BCUT2D eigenvalue weighted by atomic mass is 10.0. The molecule has 3 aromatic carbocycles. The highest BCUT2D eigenvalue weighted by molar-refractivity contribution is 5.96. The largest absolute Gasteiger partial charge is 0.444 e. The molecular weight excluding hydrogens is 374 g/mol. The Bertz CT molecular complexity index is 1190. The van der Waals surface area contributed by atoms with Crippen molar-refractivity contribution in [2.45, 2.75) is 19.9 Å². The number of hydrogen-bond donors (Lipinski definition) is 1. The van der Waals surface area contributed by atoms with Crippen LogP contribution in [0.3, 0.4) is 0 Å². The van der Waals surface area contributed by atoms with Crippen molar-refractivity contribution in [1.29, 1.82) is 0 Å². The molecule has 29 heavy (non-hydrogen) atoms. The molecule has 4 nitrogen and oxygen atoms in total. The summed E-state index contributed by atoms with van der Waals surface area (Å²) >= 11 is 0. The van der Waals surface area contributed by atoms with E-state index in [9.17, 15) is 13.6 Å². The van der Waals surface area contributed by atoms with Crippen LogP contribution >= 0.6 is 0 Å². The summed E-state index contributed by atoms with van der Waals surface area (Å²) in [4.78, 5) is 16.9.